The Bertz CT molecular complexity index is 1100. The van der Waals surface area contributed by atoms with E-state index in [0.29, 0.717) is 18.7 Å². The van der Waals surface area contributed by atoms with Crippen molar-refractivity contribution in [3.8, 4) is 5.75 Å². The summed E-state index contributed by atoms with van der Waals surface area (Å²) in [6.07, 6.45) is 1.22. The molecule has 35 heavy (non-hydrogen) atoms. The molecule has 0 aliphatic heterocycles. The van der Waals surface area contributed by atoms with E-state index in [9.17, 15) is 9.59 Å². The highest BCUT2D eigenvalue weighted by atomic mass is 79.9. The molecule has 0 aromatic heterocycles. The van der Waals surface area contributed by atoms with E-state index in [1.165, 1.54) is 0 Å². The highest BCUT2D eigenvalue weighted by Crippen LogP contribution is 2.19. The topological polar surface area (TPSA) is 58.6 Å². The molecule has 6 heteroatoms. The van der Waals surface area contributed by atoms with Gasteiger partial charge in [-0.3, -0.25) is 9.59 Å². The van der Waals surface area contributed by atoms with Crippen LogP contribution in [0.4, 0.5) is 0 Å². The van der Waals surface area contributed by atoms with Crippen molar-refractivity contribution in [3.05, 3.63) is 100 Å². The molecule has 0 radical (unpaired) electrons. The summed E-state index contributed by atoms with van der Waals surface area (Å²) in [5.41, 5.74) is 2.88. The van der Waals surface area contributed by atoms with Crippen molar-refractivity contribution in [2.24, 2.45) is 0 Å². The molecule has 0 aliphatic rings. The highest BCUT2D eigenvalue weighted by Gasteiger charge is 2.31. The molecular weight excluding hydrogens is 504 g/mol. The first kappa shape index (κ1) is 26.5. The lowest BCUT2D eigenvalue weighted by Gasteiger charge is -2.32. The van der Waals surface area contributed by atoms with E-state index >= 15 is 0 Å². The third kappa shape index (κ3) is 7.96. The van der Waals surface area contributed by atoms with Crippen LogP contribution in [0.2, 0.25) is 0 Å². The first-order valence-corrected chi connectivity index (χ1v) is 12.7. The summed E-state index contributed by atoms with van der Waals surface area (Å²) in [6, 6.07) is 24.5. The Morgan fingerprint density at radius 1 is 0.943 bits per heavy atom. The first-order valence-electron chi connectivity index (χ1n) is 11.9. The van der Waals surface area contributed by atoms with Crippen LogP contribution in [0, 0.1) is 6.92 Å². The van der Waals surface area contributed by atoms with Crippen LogP contribution in [0.5, 0.6) is 5.75 Å². The highest BCUT2D eigenvalue weighted by molar-refractivity contribution is 9.10. The van der Waals surface area contributed by atoms with Gasteiger partial charge in [0, 0.05) is 23.5 Å². The molecule has 2 amide bonds. The third-order valence-corrected chi connectivity index (χ3v) is 6.51. The van der Waals surface area contributed by atoms with Crippen molar-refractivity contribution in [2.45, 2.75) is 52.2 Å². The Morgan fingerprint density at radius 3 is 2.26 bits per heavy atom. The number of carbonyl (C=O) groups excluding carboxylic acids is 2. The number of nitrogens with one attached hydrogen (secondary N) is 1. The Morgan fingerprint density at radius 2 is 1.60 bits per heavy atom. The van der Waals surface area contributed by atoms with E-state index in [1.54, 1.807) is 4.90 Å². The van der Waals surface area contributed by atoms with Gasteiger partial charge in [0.2, 0.25) is 5.91 Å². The van der Waals surface area contributed by atoms with Crippen LogP contribution in [0.25, 0.3) is 0 Å². The summed E-state index contributed by atoms with van der Waals surface area (Å²) in [5, 5.41) is 3.08. The predicted octanol–water partition coefficient (Wildman–Crippen LogP) is 5.69. The zero-order valence-electron chi connectivity index (χ0n) is 20.5. The number of hydrogen-bond acceptors (Lipinski definition) is 3. The fourth-order valence-electron chi connectivity index (χ4n) is 3.72. The number of aryl methyl sites for hydroxylation is 1. The minimum atomic E-state index is -0.678. The smallest absolute Gasteiger partial charge is 0.261 e. The number of nitrogens with zero attached hydrogens (tertiary/aromatic N) is 1. The summed E-state index contributed by atoms with van der Waals surface area (Å²) in [5.74, 6) is 0.258. The summed E-state index contributed by atoms with van der Waals surface area (Å²) >= 11 is 3.46. The number of halogens is 1. The lowest BCUT2D eigenvalue weighted by molar-refractivity contribution is -0.143. The van der Waals surface area contributed by atoms with Crippen LogP contribution in [0.15, 0.2) is 83.3 Å². The maximum Gasteiger partial charge on any atom is 0.261 e. The minimum absolute atomic E-state index is 0.00799. The maximum absolute atomic E-state index is 13.6. The molecule has 0 saturated carbocycles. The molecule has 184 valence electrons. The molecule has 3 rings (SSSR count). The number of hydrogen-bond donors (Lipinski definition) is 1. The maximum atomic E-state index is 13.6. The number of benzene rings is 3. The molecule has 3 aromatic carbocycles. The monoisotopic (exact) mass is 536 g/mol. The van der Waals surface area contributed by atoms with Crippen LogP contribution in [-0.4, -0.2) is 35.4 Å². The van der Waals surface area contributed by atoms with Gasteiger partial charge in [0.15, 0.2) is 6.61 Å². The van der Waals surface area contributed by atoms with Gasteiger partial charge in [0.05, 0.1) is 0 Å². The summed E-state index contributed by atoms with van der Waals surface area (Å²) < 4.78 is 6.84. The molecule has 5 nitrogen and oxygen atoms in total. The van der Waals surface area contributed by atoms with Gasteiger partial charge in [-0.05, 0) is 55.2 Å². The second kappa shape index (κ2) is 13.1. The van der Waals surface area contributed by atoms with E-state index in [4.69, 9.17) is 4.74 Å². The molecule has 0 spiro atoms. The lowest BCUT2D eigenvalue weighted by Crippen LogP contribution is -2.53. The number of carbonyl (C=O) groups is 2. The van der Waals surface area contributed by atoms with E-state index in [1.807, 2.05) is 99.6 Å². The van der Waals surface area contributed by atoms with Crippen LogP contribution < -0.4 is 10.1 Å². The summed E-state index contributed by atoms with van der Waals surface area (Å²) in [4.78, 5) is 28.7. The van der Waals surface area contributed by atoms with Gasteiger partial charge in [0.1, 0.15) is 11.8 Å². The summed E-state index contributed by atoms with van der Waals surface area (Å²) in [6.45, 7) is 6.09. The molecule has 2 atom stereocenters. The lowest BCUT2D eigenvalue weighted by atomic mass is 10.0. The number of rotatable bonds is 11. The molecule has 0 bridgehead atoms. The predicted molar refractivity (Wildman–Crippen MR) is 143 cm³/mol. The largest absolute Gasteiger partial charge is 0.484 e. The van der Waals surface area contributed by atoms with Gasteiger partial charge in [0.25, 0.3) is 5.91 Å². The Kier molecular flexibility index (Phi) is 9.91. The number of ether oxygens (including phenoxy) is 1. The van der Waals surface area contributed by atoms with Gasteiger partial charge in [-0.1, -0.05) is 83.5 Å². The van der Waals surface area contributed by atoms with Crippen LogP contribution in [0.3, 0.4) is 0 Å². The standard InChI is InChI=1S/C29H33BrN2O3/c1-4-22(3)31-29(34)26(18-23-11-6-5-7-12-23)32(19-24-14-16-25(30)17-15-24)28(33)20-35-27-13-9-8-10-21(27)2/h5-17,22,26H,4,18-20H2,1-3H3,(H,31,34)/t22-,26+/m0/s1. The van der Waals surface area contributed by atoms with Gasteiger partial charge >= 0.3 is 0 Å². The van der Waals surface area contributed by atoms with Crippen LogP contribution in [0.1, 0.15) is 37.0 Å². The van der Waals surface area contributed by atoms with Gasteiger partial charge < -0.3 is 15.0 Å². The molecule has 0 aliphatic carbocycles. The van der Waals surface area contributed by atoms with Gasteiger partial charge in [-0.15, -0.1) is 0 Å². The van der Waals surface area contributed by atoms with Crippen molar-refractivity contribution in [1.29, 1.82) is 0 Å². The average Bonchev–Trinajstić information content (AvgIpc) is 2.87. The third-order valence-electron chi connectivity index (χ3n) is 5.98. The number of amides is 2. The van der Waals surface area contributed by atoms with E-state index in [0.717, 1.165) is 27.6 Å². The molecule has 1 N–H and O–H groups in total. The van der Waals surface area contributed by atoms with Crippen molar-refractivity contribution in [3.63, 3.8) is 0 Å². The SMILES string of the molecule is CC[C@H](C)NC(=O)[C@@H](Cc1ccccc1)N(Cc1ccc(Br)cc1)C(=O)COc1ccccc1C. The Labute approximate surface area is 216 Å². The first-order chi connectivity index (χ1) is 16.9. The molecule has 0 unspecified atom stereocenters. The molecule has 0 heterocycles. The quantitative estimate of drug-likeness (QED) is 0.342. The Balaban J connectivity index is 1.91. The van der Waals surface area contributed by atoms with E-state index in [2.05, 4.69) is 21.2 Å². The zero-order valence-corrected chi connectivity index (χ0v) is 22.1. The molecule has 0 saturated heterocycles. The van der Waals surface area contributed by atoms with E-state index < -0.39 is 6.04 Å². The fourth-order valence-corrected chi connectivity index (χ4v) is 3.99. The van der Waals surface area contributed by atoms with Gasteiger partial charge in [-0.25, -0.2) is 0 Å². The van der Waals surface area contributed by atoms with Gasteiger partial charge in [-0.2, -0.15) is 0 Å². The van der Waals surface area contributed by atoms with E-state index in [-0.39, 0.29) is 24.5 Å². The fraction of sp³-hybridized carbons (Fsp3) is 0.310. The normalized spacial score (nSPS) is 12.5. The van der Waals surface area contributed by atoms with Crippen molar-refractivity contribution >= 4 is 27.7 Å². The van der Waals surface area contributed by atoms with Crippen molar-refractivity contribution < 1.29 is 14.3 Å². The second-order valence-electron chi connectivity index (χ2n) is 8.73. The summed E-state index contributed by atoms with van der Waals surface area (Å²) in [7, 11) is 0. The number of para-hydroxylation sites is 1. The second-order valence-corrected chi connectivity index (χ2v) is 9.64. The molecular formula is C29H33BrN2O3. The molecule has 3 aromatic rings. The molecule has 0 fully saturated rings. The van der Waals surface area contributed by atoms with Crippen molar-refractivity contribution in [2.75, 3.05) is 6.61 Å². The zero-order chi connectivity index (χ0) is 25.2. The Hall–Kier alpha value is -3.12. The van der Waals surface area contributed by atoms with Crippen LogP contribution >= 0.6 is 15.9 Å². The average molecular weight is 537 g/mol. The van der Waals surface area contributed by atoms with Crippen molar-refractivity contribution in [1.82, 2.24) is 10.2 Å². The minimum Gasteiger partial charge on any atom is -0.484 e. The van der Waals surface area contributed by atoms with Crippen LogP contribution in [-0.2, 0) is 22.6 Å².